The van der Waals surface area contributed by atoms with Gasteiger partial charge in [-0.05, 0) is 12.7 Å². The van der Waals surface area contributed by atoms with Gasteiger partial charge in [0.25, 0.3) is 0 Å². The summed E-state index contributed by atoms with van der Waals surface area (Å²) in [4.78, 5) is 11.9. The molecular formula is C15H15ClOS. The first-order chi connectivity index (χ1) is 8.64. The number of rotatable bonds is 4. The highest BCUT2D eigenvalue weighted by atomic mass is 35.5. The summed E-state index contributed by atoms with van der Waals surface area (Å²) in [6, 6.07) is 9.33. The fraction of sp³-hybridized carbons (Fsp3) is 0.267. The molecule has 0 bridgehead atoms. The number of halogens is 1. The van der Waals surface area contributed by atoms with E-state index in [1.54, 1.807) is 11.8 Å². The van der Waals surface area contributed by atoms with Gasteiger partial charge in [0.15, 0.2) is 5.78 Å². The van der Waals surface area contributed by atoms with E-state index in [0.717, 1.165) is 16.9 Å². The second-order valence-electron chi connectivity index (χ2n) is 4.36. The molecule has 1 aliphatic rings. The highest BCUT2D eigenvalue weighted by Crippen LogP contribution is 2.31. The van der Waals surface area contributed by atoms with Crippen LogP contribution in [0.2, 0.25) is 0 Å². The van der Waals surface area contributed by atoms with Gasteiger partial charge in [-0.15, -0.1) is 11.6 Å². The van der Waals surface area contributed by atoms with Crippen LogP contribution in [-0.2, 0) is 0 Å². The molecule has 2 rings (SSSR count). The Morgan fingerprint density at radius 3 is 2.67 bits per heavy atom. The Balaban J connectivity index is 2.12. The van der Waals surface area contributed by atoms with Crippen LogP contribution in [0.5, 0.6) is 0 Å². The summed E-state index contributed by atoms with van der Waals surface area (Å²) in [5.74, 6) is 0.920. The van der Waals surface area contributed by atoms with Crippen LogP contribution in [0.25, 0.3) is 0 Å². The normalized spacial score (nSPS) is 22.7. The predicted molar refractivity (Wildman–Crippen MR) is 79.6 cm³/mol. The molecule has 0 saturated heterocycles. The fourth-order valence-corrected chi connectivity index (χ4v) is 3.09. The van der Waals surface area contributed by atoms with Crippen molar-refractivity contribution in [1.82, 2.24) is 0 Å². The molecule has 1 unspecified atom stereocenters. The minimum absolute atomic E-state index is 0.0646. The van der Waals surface area contributed by atoms with E-state index in [9.17, 15) is 4.79 Å². The molecule has 0 amide bonds. The number of ketones is 1. The number of thioether (sulfide) groups is 1. The fourth-order valence-electron chi connectivity index (χ4n) is 1.93. The molecule has 1 aliphatic carbocycles. The van der Waals surface area contributed by atoms with E-state index in [1.165, 1.54) is 0 Å². The third kappa shape index (κ3) is 3.06. The van der Waals surface area contributed by atoms with Crippen LogP contribution < -0.4 is 0 Å². The minimum atomic E-state index is -0.333. The van der Waals surface area contributed by atoms with E-state index >= 15 is 0 Å². The number of Topliss-reactive ketones (excluding diaryl/α,β-unsaturated/α-hetero) is 1. The zero-order chi connectivity index (χ0) is 13.0. The van der Waals surface area contributed by atoms with Crippen LogP contribution in [0.4, 0.5) is 0 Å². The zero-order valence-corrected chi connectivity index (χ0v) is 11.8. The molecule has 0 N–H and O–H groups in total. The first-order valence-corrected chi connectivity index (χ1v) is 7.59. The van der Waals surface area contributed by atoms with Crippen LogP contribution in [0.1, 0.15) is 16.8 Å². The Bertz CT molecular complexity index is 492. The molecule has 94 valence electrons. The summed E-state index contributed by atoms with van der Waals surface area (Å²) in [6.07, 6.45) is 8.48. The van der Waals surface area contributed by atoms with Gasteiger partial charge >= 0.3 is 0 Å². The maximum atomic E-state index is 12.2. The van der Waals surface area contributed by atoms with E-state index < -0.39 is 0 Å². The first-order valence-electron chi connectivity index (χ1n) is 5.82. The minimum Gasteiger partial charge on any atom is -0.289 e. The monoisotopic (exact) mass is 278 g/mol. The smallest absolute Gasteiger partial charge is 0.192 e. The second kappa shape index (κ2) is 5.77. The van der Waals surface area contributed by atoms with E-state index in [4.69, 9.17) is 11.6 Å². The summed E-state index contributed by atoms with van der Waals surface area (Å²) in [5, 5.41) is 0. The van der Waals surface area contributed by atoms with Crippen LogP contribution in [0.15, 0.2) is 54.1 Å². The third-order valence-corrected chi connectivity index (χ3v) is 4.28. The topological polar surface area (TPSA) is 17.1 Å². The average Bonchev–Trinajstić information content (AvgIpc) is 2.40. The molecule has 1 aromatic carbocycles. The van der Waals surface area contributed by atoms with Gasteiger partial charge in [-0.1, -0.05) is 48.6 Å². The van der Waals surface area contributed by atoms with Crippen LogP contribution in [0.3, 0.4) is 0 Å². The molecule has 1 aromatic rings. The van der Waals surface area contributed by atoms with Crippen LogP contribution >= 0.6 is 23.4 Å². The van der Waals surface area contributed by atoms with Crippen LogP contribution in [-0.4, -0.2) is 22.7 Å². The number of hydrogen-bond acceptors (Lipinski definition) is 2. The number of allylic oxidation sites excluding steroid dienone is 4. The van der Waals surface area contributed by atoms with Gasteiger partial charge < -0.3 is 0 Å². The standard InChI is InChI=1S/C15H15ClOS/c1-18-11-15(16)9-7-13(8-10-15)14(17)12-5-3-2-4-6-12/h2-9H,10-11H2,1H3. The van der Waals surface area contributed by atoms with Gasteiger partial charge in [0, 0.05) is 16.9 Å². The van der Waals surface area contributed by atoms with E-state index in [0.29, 0.717) is 6.42 Å². The van der Waals surface area contributed by atoms with Crippen molar-refractivity contribution >= 4 is 29.1 Å². The van der Waals surface area contributed by atoms with Gasteiger partial charge in [0.2, 0.25) is 0 Å². The van der Waals surface area contributed by atoms with Crippen molar-refractivity contribution in [3.8, 4) is 0 Å². The molecule has 0 saturated carbocycles. The quantitative estimate of drug-likeness (QED) is 0.609. The summed E-state index contributed by atoms with van der Waals surface area (Å²) >= 11 is 8.14. The Morgan fingerprint density at radius 1 is 1.39 bits per heavy atom. The molecule has 1 atom stereocenters. The Labute approximate surface area is 117 Å². The largest absolute Gasteiger partial charge is 0.289 e. The molecule has 1 nitrogen and oxygen atoms in total. The second-order valence-corrected chi connectivity index (χ2v) is 5.98. The predicted octanol–water partition coefficient (Wildman–Crippen LogP) is 4.10. The van der Waals surface area contributed by atoms with Crippen molar-refractivity contribution in [2.24, 2.45) is 0 Å². The van der Waals surface area contributed by atoms with E-state index in [1.807, 2.05) is 54.8 Å². The Kier molecular flexibility index (Phi) is 4.31. The van der Waals surface area contributed by atoms with Gasteiger partial charge in [-0.2, -0.15) is 11.8 Å². The Morgan fingerprint density at radius 2 is 2.11 bits per heavy atom. The first kappa shape index (κ1) is 13.4. The number of carbonyl (C=O) groups excluding carboxylic acids is 1. The molecular weight excluding hydrogens is 264 g/mol. The number of carbonyl (C=O) groups is 1. The molecule has 18 heavy (non-hydrogen) atoms. The van der Waals surface area contributed by atoms with Crippen molar-refractivity contribution < 1.29 is 4.79 Å². The lowest BCUT2D eigenvalue weighted by atomic mass is 9.93. The maximum Gasteiger partial charge on any atom is 0.192 e. The molecule has 0 aliphatic heterocycles. The van der Waals surface area contributed by atoms with Gasteiger partial charge in [0.1, 0.15) is 0 Å². The lowest BCUT2D eigenvalue weighted by molar-refractivity contribution is 0.103. The van der Waals surface area contributed by atoms with Crippen molar-refractivity contribution in [3.63, 3.8) is 0 Å². The lowest BCUT2D eigenvalue weighted by Crippen LogP contribution is -2.23. The molecule has 3 heteroatoms. The van der Waals surface area contributed by atoms with Crippen molar-refractivity contribution in [2.45, 2.75) is 11.3 Å². The SMILES string of the molecule is CSCC1(Cl)C=CC(C(=O)c2ccccc2)=CC1. The van der Waals surface area contributed by atoms with Crippen molar-refractivity contribution in [2.75, 3.05) is 12.0 Å². The summed E-state index contributed by atoms with van der Waals surface area (Å²) in [7, 11) is 0. The van der Waals surface area contributed by atoms with Crippen LogP contribution in [0, 0.1) is 0 Å². The van der Waals surface area contributed by atoms with Gasteiger partial charge in [0.05, 0.1) is 4.87 Å². The van der Waals surface area contributed by atoms with Gasteiger partial charge in [-0.25, -0.2) is 0 Å². The number of hydrogen-bond donors (Lipinski definition) is 0. The maximum absolute atomic E-state index is 12.2. The average molecular weight is 279 g/mol. The molecule has 0 heterocycles. The molecule has 0 radical (unpaired) electrons. The highest BCUT2D eigenvalue weighted by Gasteiger charge is 2.26. The third-order valence-electron chi connectivity index (χ3n) is 2.91. The van der Waals surface area contributed by atoms with E-state index in [-0.39, 0.29) is 10.7 Å². The van der Waals surface area contributed by atoms with Crippen molar-refractivity contribution in [1.29, 1.82) is 0 Å². The number of benzene rings is 1. The summed E-state index contributed by atoms with van der Waals surface area (Å²) in [5.41, 5.74) is 1.46. The van der Waals surface area contributed by atoms with Gasteiger partial charge in [-0.3, -0.25) is 4.79 Å². The summed E-state index contributed by atoms with van der Waals surface area (Å²) in [6.45, 7) is 0. The zero-order valence-electron chi connectivity index (χ0n) is 10.2. The number of alkyl halides is 1. The Hall–Kier alpha value is -0.990. The highest BCUT2D eigenvalue weighted by molar-refractivity contribution is 7.98. The molecule has 0 aromatic heterocycles. The summed E-state index contributed by atoms with van der Waals surface area (Å²) < 4.78 is 0. The van der Waals surface area contributed by atoms with E-state index in [2.05, 4.69) is 0 Å². The van der Waals surface area contributed by atoms with Crippen molar-refractivity contribution in [3.05, 3.63) is 59.7 Å². The molecule has 0 spiro atoms. The lowest BCUT2D eigenvalue weighted by Gasteiger charge is -2.24. The molecule has 0 fully saturated rings.